The number of likely N-dealkylation sites (tertiary alicyclic amines) is 1. The van der Waals surface area contributed by atoms with Crippen LogP contribution in [0.1, 0.15) is 12.8 Å². The molecule has 1 atom stereocenters. The number of aromatic nitrogens is 4. The number of hydrogen-bond acceptors (Lipinski definition) is 6. The lowest BCUT2D eigenvalue weighted by Crippen LogP contribution is -2.40. The molecule has 1 aliphatic heterocycles. The zero-order valence-corrected chi connectivity index (χ0v) is 14.6. The van der Waals surface area contributed by atoms with Gasteiger partial charge in [-0.3, -0.25) is 14.5 Å². The van der Waals surface area contributed by atoms with Gasteiger partial charge in [0.25, 0.3) is 0 Å². The Labute approximate surface area is 154 Å². The molecule has 134 valence electrons. The van der Waals surface area contributed by atoms with E-state index in [0.29, 0.717) is 29.4 Å². The zero-order valence-electron chi connectivity index (χ0n) is 13.0. The molecule has 11 heteroatoms. The number of tetrazole rings is 1. The van der Waals surface area contributed by atoms with Gasteiger partial charge in [-0.25, -0.2) is 4.68 Å². The second kappa shape index (κ2) is 8.24. The molecule has 0 bridgehead atoms. The minimum atomic E-state index is -0.904. The van der Waals surface area contributed by atoms with E-state index in [2.05, 4.69) is 20.8 Å². The number of hydrogen-bond donors (Lipinski definition) is 2. The monoisotopic (exact) mass is 386 g/mol. The number of amides is 1. The van der Waals surface area contributed by atoms with Crippen molar-refractivity contribution in [1.29, 1.82) is 0 Å². The molecule has 3 rings (SSSR count). The minimum absolute atomic E-state index is 0. The standard InChI is InChI=1S/C14H15ClN6O3.ClH/c15-10-4-3-9(21-8-16-18-19-21)6-11(10)17-13(22)7-20-5-1-2-12(20)14(23)24;/h3-4,6,8,12H,1-2,5,7H2,(H,17,22)(H,23,24);1H/t12-;/m0./s1. The van der Waals surface area contributed by atoms with E-state index in [4.69, 9.17) is 16.7 Å². The van der Waals surface area contributed by atoms with E-state index < -0.39 is 12.0 Å². The van der Waals surface area contributed by atoms with Gasteiger partial charge < -0.3 is 10.4 Å². The predicted octanol–water partition coefficient (Wildman–Crippen LogP) is 1.22. The van der Waals surface area contributed by atoms with E-state index in [-0.39, 0.29) is 24.9 Å². The molecule has 25 heavy (non-hydrogen) atoms. The number of nitrogens with zero attached hydrogens (tertiary/aromatic N) is 5. The molecule has 1 saturated heterocycles. The summed E-state index contributed by atoms with van der Waals surface area (Å²) < 4.78 is 1.44. The molecule has 2 aromatic rings. The topological polar surface area (TPSA) is 113 Å². The van der Waals surface area contributed by atoms with Crippen molar-refractivity contribution in [3.8, 4) is 5.69 Å². The molecule has 0 aliphatic carbocycles. The third-order valence-corrected chi connectivity index (χ3v) is 4.16. The Hall–Kier alpha value is -2.23. The van der Waals surface area contributed by atoms with Gasteiger partial charge >= 0.3 is 5.97 Å². The highest BCUT2D eigenvalue weighted by Crippen LogP contribution is 2.25. The maximum atomic E-state index is 12.2. The van der Waals surface area contributed by atoms with E-state index >= 15 is 0 Å². The summed E-state index contributed by atoms with van der Waals surface area (Å²) in [6.45, 7) is 0.588. The second-order valence-electron chi connectivity index (χ2n) is 5.43. The van der Waals surface area contributed by atoms with Crippen molar-refractivity contribution in [3.63, 3.8) is 0 Å². The number of carboxylic acids is 1. The van der Waals surface area contributed by atoms with Crippen molar-refractivity contribution in [2.75, 3.05) is 18.4 Å². The molecule has 1 aromatic heterocycles. The third-order valence-electron chi connectivity index (χ3n) is 3.83. The first-order chi connectivity index (χ1) is 11.5. The van der Waals surface area contributed by atoms with Gasteiger partial charge in [0.15, 0.2) is 0 Å². The van der Waals surface area contributed by atoms with Crippen molar-refractivity contribution >= 4 is 41.6 Å². The number of halogens is 2. The van der Waals surface area contributed by atoms with Crippen molar-refractivity contribution in [2.45, 2.75) is 18.9 Å². The smallest absolute Gasteiger partial charge is 0.320 e. The van der Waals surface area contributed by atoms with Gasteiger partial charge in [-0.15, -0.1) is 17.5 Å². The van der Waals surface area contributed by atoms with Gasteiger partial charge in [-0.1, -0.05) is 11.6 Å². The fourth-order valence-electron chi connectivity index (χ4n) is 2.70. The van der Waals surface area contributed by atoms with Crippen molar-refractivity contribution < 1.29 is 14.7 Å². The number of carbonyl (C=O) groups is 2. The SMILES string of the molecule is Cl.O=C(CN1CCC[C@H]1C(=O)O)Nc1cc(-n2cnnn2)ccc1Cl. The summed E-state index contributed by atoms with van der Waals surface area (Å²) in [4.78, 5) is 25.1. The van der Waals surface area contributed by atoms with Crippen molar-refractivity contribution in [3.05, 3.63) is 29.5 Å². The normalized spacial score (nSPS) is 17.1. The number of anilines is 1. The molecule has 0 saturated carbocycles. The Morgan fingerprint density at radius 3 is 2.88 bits per heavy atom. The molecule has 2 N–H and O–H groups in total. The lowest BCUT2D eigenvalue weighted by Gasteiger charge is -2.20. The molecule has 9 nitrogen and oxygen atoms in total. The van der Waals surface area contributed by atoms with Crippen LogP contribution in [-0.2, 0) is 9.59 Å². The molecular weight excluding hydrogens is 371 g/mol. The molecule has 1 aliphatic rings. The molecule has 0 unspecified atom stereocenters. The van der Waals surface area contributed by atoms with Crippen LogP contribution in [0.25, 0.3) is 5.69 Å². The quantitative estimate of drug-likeness (QED) is 0.793. The zero-order chi connectivity index (χ0) is 17.1. The fourth-order valence-corrected chi connectivity index (χ4v) is 2.87. The highest BCUT2D eigenvalue weighted by atomic mass is 35.5. The van der Waals surface area contributed by atoms with Crippen molar-refractivity contribution in [1.82, 2.24) is 25.1 Å². The molecular formula is C14H16Cl2N6O3. The number of aliphatic carboxylic acids is 1. The molecule has 1 amide bonds. The largest absolute Gasteiger partial charge is 0.480 e. The summed E-state index contributed by atoms with van der Waals surface area (Å²) >= 11 is 6.11. The second-order valence-corrected chi connectivity index (χ2v) is 5.84. The number of rotatable bonds is 5. The Morgan fingerprint density at radius 2 is 2.20 bits per heavy atom. The lowest BCUT2D eigenvalue weighted by atomic mass is 10.2. The molecule has 0 radical (unpaired) electrons. The number of benzene rings is 1. The number of carbonyl (C=O) groups excluding carboxylic acids is 1. The van der Waals surface area contributed by atoms with E-state index in [1.807, 2.05) is 0 Å². The van der Waals surface area contributed by atoms with Crippen molar-refractivity contribution in [2.24, 2.45) is 0 Å². The van der Waals surface area contributed by atoms with E-state index in [1.54, 1.807) is 23.1 Å². The summed E-state index contributed by atoms with van der Waals surface area (Å²) in [6.07, 6.45) is 2.74. The first-order valence-electron chi connectivity index (χ1n) is 7.34. The summed E-state index contributed by atoms with van der Waals surface area (Å²) in [7, 11) is 0. The maximum absolute atomic E-state index is 12.2. The highest BCUT2D eigenvalue weighted by molar-refractivity contribution is 6.33. The van der Waals surface area contributed by atoms with E-state index in [1.165, 1.54) is 11.0 Å². The van der Waals surface area contributed by atoms with Crippen LogP contribution in [0.15, 0.2) is 24.5 Å². The van der Waals surface area contributed by atoms with Gasteiger partial charge in [0.2, 0.25) is 5.91 Å². The van der Waals surface area contributed by atoms with Crippen LogP contribution in [-0.4, -0.2) is 61.2 Å². The minimum Gasteiger partial charge on any atom is -0.480 e. The Bertz CT molecular complexity index is 755. The van der Waals surface area contributed by atoms with Crippen LogP contribution in [0.5, 0.6) is 0 Å². The highest BCUT2D eigenvalue weighted by Gasteiger charge is 2.31. The molecule has 2 heterocycles. The summed E-state index contributed by atoms with van der Waals surface area (Å²) in [5, 5.41) is 23.1. The predicted molar refractivity (Wildman–Crippen MR) is 92.3 cm³/mol. The van der Waals surface area contributed by atoms with Crippen LogP contribution >= 0.6 is 24.0 Å². The average Bonchev–Trinajstić information content (AvgIpc) is 3.20. The third kappa shape index (κ3) is 4.44. The van der Waals surface area contributed by atoms with Gasteiger partial charge in [0.05, 0.1) is 22.9 Å². The number of nitrogens with one attached hydrogen (secondary N) is 1. The summed E-state index contributed by atoms with van der Waals surface area (Å²) in [6, 6.07) is 4.38. The van der Waals surface area contributed by atoms with Gasteiger partial charge in [-0.05, 0) is 48.0 Å². The average molecular weight is 387 g/mol. The Balaban J connectivity index is 0.00000225. The van der Waals surface area contributed by atoms with Gasteiger partial charge in [0, 0.05) is 0 Å². The maximum Gasteiger partial charge on any atom is 0.320 e. The Kier molecular flexibility index (Phi) is 6.29. The van der Waals surface area contributed by atoms with Crippen LogP contribution in [0.3, 0.4) is 0 Å². The van der Waals surface area contributed by atoms with Gasteiger partial charge in [0.1, 0.15) is 12.4 Å². The lowest BCUT2D eigenvalue weighted by molar-refractivity contribution is -0.142. The van der Waals surface area contributed by atoms with Crippen LogP contribution < -0.4 is 5.32 Å². The molecule has 1 aromatic carbocycles. The van der Waals surface area contributed by atoms with Crippen LogP contribution in [0, 0.1) is 0 Å². The van der Waals surface area contributed by atoms with Crippen LogP contribution in [0.2, 0.25) is 5.02 Å². The molecule has 0 spiro atoms. The van der Waals surface area contributed by atoms with E-state index in [9.17, 15) is 9.59 Å². The molecule has 1 fully saturated rings. The fraction of sp³-hybridized carbons (Fsp3) is 0.357. The first kappa shape index (κ1) is 19.1. The van der Waals surface area contributed by atoms with E-state index in [0.717, 1.165) is 6.42 Å². The first-order valence-corrected chi connectivity index (χ1v) is 7.72. The summed E-state index contributed by atoms with van der Waals surface area (Å²) in [5.74, 6) is -1.22. The number of carboxylic acid groups (broad SMARTS) is 1. The Morgan fingerprint density at radius 1 is 1.40 bits per heavy atom. The summed E-state index contributed by atoms with van der Waals surface area (Å²) in [5.41, 5.74) is 1.06. The van der Waals surface area contributed by atoms with Gasteiger partial charge in [-0.2, -0.15) is 0 Å². The van der Waals surface area contributed by atoms with Crippen LogP contribution in [0.4, 0.5) is 5.69 Å².